The van der Waals surface area contributed by atoms with Gasteiger partial charge in [-0.3, -0.25) is 9.55 Å². The van der Waals surface area contributed by atoms with Crippen LogP contribution in [-0.2, 0) is 42.7 Å². The van der Waals surface area contributed by atoms with Crippen LogP contribution in [0.4, 0.5) is 0 Å². The van der Waals surface area contributed by atoms with E-state index in [1.54, 1.807) is 0 Å². The number of nitrogens with zero attached hydrogens (tertiary/aromatic N) is 3. The van der Waals surface area contributed by atoms with Gasteiger partial charge in [0.15, 0.2) is 0 Å². The predicted octanol–water partition coefficient (Wildman–Crippen LogP) is 18.5. The predicted molar refractivity (Wildman–Crippen MR) is 306 cm³/mol. The van der Waals surface area contributed by atoms with Crippen LogP contribution in [0.1, 0.15) is 142 Å². The number of hydrogen-bond acceptors (Lipinski definition) is 3. The van der Waals surface area contributed by atoms with Gasteiger partial charge in [0.25, 0.3) is 0 Å². The molecule has 4 nitrogen and oxygen atoms in total. The first-order valence-electron chi connectivity index (χ1n) is 27.3. The largest absolute Gasteiger partial charge is 0.507 e. The number of aryl methyl sites for hydroxylation is 1. The zero-order valence-electron chi connectivity index (χ0n) is 49.0. The van der Waals surface area contributed by atoms with Crippen molar-refractivity contribution in [3.05, 3.63) is 191 Å². The molecule has 5 heteroatoms. The van der Waals surface area contributed by atoms with E-state index in [9.17, 15) is 5.11 Å². The van der Waals surface area contributed by atoms with Crippen LogP contribution in [0.5, 0.6) is 5.75 Å². The van der Waals surface area contributed by atoms with Gasteiger partial charge in [-0.25, -0.2) is 4.98 Å². The number of aromatic hydroxyl groups is 1. The van der Waals surface area contributed by atoms with E-state index < -0.39 is 18.2 Å². The monoisotopic (exact) mass is 1150 g/mol. The summed E-state index contributed by atoms with van der Waals surface area (Å²) in [4.78, 5) is 10.7. The third-order valence-electron chi connectivity index (χ3n) is 14.1. The molecule has 7 aromatic carbocycles. The van der Waals surface area contributed by atoms with Crippen LogP contribution in [0.3, 0.4) is 0 Å². The summed E-state index contributed by atoms with van der Waals surface area (Å²) < 4.78 is 37.7. The molecule has 2 aromatic heterocycles. The molecule has 9 rings (SSSR count). The van der Waals surface area contributed by atoms with Crippen molar-refractivity contribution in [2.45, 2.75) is 131 Å². The Bertz CT molecular complexity index is 3630. The van der Waals surface area contributed by atoms with E-state index in [0.29, 0.717) is 28.0 Å². The Kier molecular flexibility index (Phi) is 12.9. The van der Waals surface area contributed by atoms with E-state index in [-0.39, 0.29) is 48.6 Å². The van der Waals surface area contributed by atoms with E-state index in [1.165, 1.54) is 0 Å². The number of imidazole rings is 1. The molecule has 0 aliphatic heterocycles. The number of aromatic nitrogens is 3. The fourth-order valence-electron chi connectivity index (χ4n) is 9.60. The quantitative estimate of drug-likeness (QED) is 0.154. The number of rotatable bonds is 8. The standard InChI is InChI=1S/C68H72N3O.Pt/c1-42(2)44-24-26-45(27-25-44)48-32-33-69-59(38-48)50-35-49(36-52(37-50)66(7,8)9)54-22-19-23-60-62(54)70-64(57-39-53(67(10,11)12)40-58(63(57)72)68(13,14)15)71(60)61-41-55(46-20-17-16-18-21-46)43(3)34-56(61)47-28-30-51(31-29-47)65(4,5)6;/h16-34,36-42,72H,1-15H3;/q-1;/i3D3,42D;. The summed E-state index contributed by atoms with van der Waals surface area (Å²) in [5.74, 6) is -0.0431. The number of phenolic OH excluding ortho intramolecular Hbond substituents is 1. The summed E-state index contributed by atoms with van der Waals surface area (Å²) in [6.07, 6.45) is 1.85. The van der Waals surface area contributed by atoms with E-state index >= 15 is 0 Å². The summed E-state index contributed by atoms with van der Waals surface area (Å²) in [5.41, 5.74) is 15.2. The number of benzene rings is 7. The summed E-state index contributed by atoms with van der Waals surface area (Å²) in [6, 6.07) is 53.0. The fraction of sp³-hybridized carbons (Fsp3) is 0.294. The molecule has 0 spiro atoms. The Morgan fingerprint density at radius 2 is 1.16 bits per heavy atom. The first-order valence-corrected chi connectivity index (χ1v) is 25.3. The van der Waals surface area contributed by atoms with Crippen LogP contribution in [0.2, 0.25) is 0 Å². The molecular formula is C68H72N3OPt-. The SMILES string of the molecule is [2H]C([2H])([2H])c1cc(-c2ccc(C(C)(C)C)cc2)c(-n2c(-c3cc(C(C)(C)C)cc(C(C)(C)C)c3O)nc3c(-c4[c-]c(-c5cc(-c6ccc(C([2H])(C)C)cc6)ccn5)cc(C(C)(C)C)c4)cccc32)cc1-c1ccccc1.[Pt]. The molecule has 0 saturated heterocycles. The summed E-state index contributed by atoms with van der Waals surface area (Å²) >= 11 is 0. The van der Waals surface area contributed by atoms with Crippen LogP contribution >= 0.6 is 0 Å². The second-order valence-corrected chi connectivity index (χ2v) is 23.9. The van der Waals surface area contributed by atoms with Crippen LogP contribution in [0.15, 0.2) is 152 Å². The van der Waals surface area contributed by atoms with E-state index in [0.717, 1.165) is 83.7 Å². The number of fused-ring (bicyclic) bond motifs is 1. The molecular weight excluding hydrogens is 1070 g/mol. The molecule has 0 saturated carbocycles. The Morgan fingerprint density at radius 3 is 1.78 bits per heavy atom. The molecule has 73 heavy (non-hydrogen) atoms. The maximum atomic E-state index is 12.8. The van der Waals surface area contributed by atoms with E-state index in [1.807, 2.05) is 80.7 Å². The van der Waals surface area contributed by atoms with Crippen molar-refractivity contribution >= 4 is 11.0 Å². The maximum Gasteiger partial charge on any atom is 0.148 e. The number of para-hydroxylation sites is 1. The van der Waals surface area contributed by atoms with Gasteiger partial charge < -0.3 is 5.11 Å². The van der Waals surface area contributed by atoms with Gasteiger partial charge in [0.05, 0.1) is 22.3 Å². The number of pyridine rings is 1. The Balaban J connectivity index is 0.00000784. The number of phenols is 1. The molecule has 0 aliphatic carbocycles. The average Bonchev–Trinajstić information content (AvgIpc) is 3.74. The van der Waals surface area contributed by atoms with Gasteiger partial charge in [-0.15, -0.1) is 29.3 Å². The average molecular weight is 1150 g/mol. The molecule has 0 atom stereocenters. The van der Waals surface area contributed by atoms with E-state index in [2.05, 4.69) is 179 Å². The molecule has 376 valence electrons. The van der Waals surface area contributed by atoms with Crippen LogP contribution in [-0.4, -0.2) is 19.6 Å². The van der Waals surface area contributed by atoms with Crippen molar-refractivity contribution in [2.24, 2.45) is 0 Å². The van der Waals surface area contributed by atoms with Gasteiger partial charge in [-0.05, 0) is 115 Å². The molecule has 0 amide bonds. The third kappa shape index (κ3) is 10.7. The smallest absolute Gasteiger partial charge is 0.148 e. The van der Waals surface area contributed by atoms with Crippen molar-refractivity contribution in [1.29, 1.82) is 0 Å². The molecule has 0 fully saturated rings. The maximum absolute atomic E-state index is 12.8. The van der Waals surface area contributed by atoms with Gasteiger partial charge in [-0.1, -0.05) is 211 Å². The molecule has 0 bridgehead atoms. The van der Waals surface area contributed by atoms with Gasteiger partial charge >= 0.3 is 0 Å². The van der Waals surface area contributed by atoms with Crippen LogP contribution < -0.4 is 0 Å². The van der Waals surface area contributed by atoms with Crippen molar-refractivity contribution in [3.63, 3.8) is 0 Å². The molecule has 0 aliphatic rings. The summed E-state index contributed by atoms with van der Waals surface area (Å²) in [7, 11) is 0. The summed E-state index contributed by atoms with van der Waals surface area (Å²) in [5, 5.41) is 12.8. The normalized spacial score (nSPS) is 13.5. The van der Waals surface area contributed by atoms with Crippen LogP contribution in [0, 0.1) is 12.9 Å². The molecule has 2 heterocycles. The Labute approximate surface area is 455 Å². The second kappa shape index (κ2) is 19.8. The van der Waals surface area contributed by atoms with Gasteiger partial charge in [0, 0.05) is 49.6 Å². The van der Waals surface area contributed by atoms with Crippen molar-refractivity contribution in [1.82, 2.24) is 14.5 Å². The van der Waals surface area contributed by atoms with Gasteiger partial charge in [0.1, 0.15) is 11.6 Å². The second-order valence-electron chi connectivity index (χ2n) is 23.9. The molecule has 0 radical (unpaired) electrons. The van der Waals surface area contributed by atoms with Gasteiger partial charge in [-0.2, -0.15) is 0 Å². The van der Waals surface area contributed by atoms with Gasteiger partial charge in [0.2, 0.25) is 0 Å². The van der Waals surface area contributed by atoms with E-state index in [4.69, 9.17) is 15.5 Å². The minimum absolute atomic E-state index is 0. The van der Waals surface area contributed by atoms with Crippen LogP contribution in [0.25, 0.3) is 83.9 Å². The minimum Gasteiger partial charge on any atom is -0.507 e. The molecule has 9 aromatic rings. The molecule has 0 unspecified atom stereocenters. The van der Waals surface area contributed by atoms with Crippen molar-refractivity contribution in [2.75, 3.05) is 0 Å². The Morgan fingerprint density at radius 1 is 0.548 bits per heavy atom. The third-order valence-corrected chi connectivity index (χ3v) is 14.1. The minimum atomic E-state index is -2.46. The fourth-order valence-corrected chi connectivity index (χ4v) is 9.60. The first kappa shape index (κ1) is 47.6. The zero-order chi connectivity index (χ0) is 55.1. The topological polar surface area (TPSA) is 50.9 Å². The van der Waals surface area contributed by atoms with Crippen molar-refractivity contribution in [3.8, 4) is 78.6 Å². The number of hydrogen-bond donors (Lipinski definition) is 1. The Hall–Kier alpha value is -6.35. The first-order chi connectivity index (χ1) is 35.4. The van der Waals surface area contributed by atoms with Crippen molar-refractivity contribution < 1.29 is 31.7 Å². The molecule has 1 N–H and O–H groups in total. The summed E-state index contributed by atoms with van der Waals surface area (Å²) in [6.45, 7) is 27.5. The zero-order valence-corrected chi connectivity index (χ0v) is 47.3.